The lowest BCUT2D eigenvalue weighted by molar-refractivity contribution is -0.150. The number of fused-ring (bicyclic) bond motifs is 2. The second kappa shape index (κ2) is 14.4. The third-order valence-corrected chi connectivity index (χ3v) is 15.6. The molecule has 6 atom stereocenters. The van der Waals surface area contributed by atoms with E-state index in [0.717, 1.165) is 29.3 Å². The first kappa shape index (κ1) is 36.6. The number of benzene rings is 3. The summed E-state index contributed by atoms with van der Waals surface area (Å²) in [4.78, 5) is 44.9. The molecule has 3 aliphatic rings. The van der Waals surface area contributed by atoms with Gasteiger partial charge < -0.3 is 39.5 Å². The summed E-state index contributed by atoms with van der Waals surface area (Å²) in [6, 6.07) is 20.7. The van der Waals surface area contributed by atoms with Crippen LogP contribution in [0.3, 0.4) is 0 Å². The van der Waals surface area contributed by atoms with Crippen LogP contribution in [0.4, 0.5) is 11.4 Å². The second-order valence-electron chi connectivity index (χ2n) is 14.6. The number of methoxy groups -OCH3 is 2. The first-order chi connectivity index (χ1) is 24.3. The summed E-state index contributed by atoms with van der Waals surface area (Å²) in [6.45, 7) is 8.74. The van der Waals surface area contributed by atoms with Gasteiger partial charge in [-0.3, -0.25) is 14.4 Å². The van der Waals surface area contributed by atoms with Gasteiger partial charge in [-0.25, -0.2) is 0 Å². The molecule has 3 amide bonds. The van der Waals surface area contributed by atoms with Gasteiger partial charge in [0.2, 0.25) is 5.91 Å². The van der Waals surface area contributed by atoms with Crippen LogP contribution >= 0.6 is 0 Å². The molecule has 3 N–H and O–H groups in total. The number of aliphatic hydroxyl groups excluding tert-OH is 2. The Balaban J connectivity index is 1.42. The summed E-state index contributed by atoms with van der Waals surface area (Å²) < 4.78 is 18.3. The van der Waals surface area contributed by atoms with Crippen LogP contribution in [-0.4, -0.2) is 86.5 Å². The van der Waals surface area contributed by atoms with Crippen molar-refractivity contribution < 1.29 is 38.8 Å². The number of carbonyl (C=O) groups excluding carboxylic acids is 3. The van der Waals surface area contributed by atoms with Gasteiger partial charge in [0.15, 0.2) is 5.60 Å². The number of amides is 3. The fourth-order valence-electron chi connectivity index (χ4n) is 8.60. The van der Waals surface area contributed by atoms with Gasteiger partial charge in [-0.2, -0.15) is 0 Å². The molecule has 3 aliphatic heterocycles. The van der Waals surface area contributed by atoms with Crippen LogP contribution in [0, 0.1) is 5.92 Å². The summed E-state index contributed by atoms with van der Waals surface area (Å²) in [7, 11) is 0.729. The molecule has 11 nitrogen and oxygen atoms in total. The van der Waals surface area contributed by atoms with Gasteiger partial charge in [0.05, 0.1) is 59.7 Å². The largest absolute Gasteiger partial charge is 0.497 e. The number of anilines is 2. The summed E-state index contributed by atoms with van der Waals surface area (Å²) in [5, 5.41) is 23.6. The molecule has 51 heavy (non-hydrogen) atoms. The Morgan fingerprint density at radius 3 is 2.43 bits per heavy atom. The fraction of sp³-hybridized carbons (Fsp3) is 0.462. The van der Waals surface area contributed by atoms with E-state index < -0.39 is 31.8 Å². The Morgan fingerprint density at radius 2 is 1.76 bits per heavy atom. The van der Waals surface area contributed by atoms with Crippen molar-refractivity contribution in [1.29, 1.82) is 0 Å². The van der Waals surface area contributed by atoms with Crippen molar-refractivity contribution in [2.45, 2.75) is 82.1 Å². The minimum atomic E-state index is -2.50. The first-order valence-corrected chi connectivity index (χ1v) is 20.7. The molecule has 272 valence electrons. The molecule has 0 saturated carbocycles. The van der Waals surface area contributed by atoms with E-state index in [0.29, 0.717) is 29.2 Å². The van der Waals surface area contributed by atoms with Crippen LogP contribution in [0.2, 0.25) is 18.6 Å². The molecule has 0 bridgehead atoms. The van der Waals surface area contributed by atoms with Gasteiger partial charge >= 0.3 is 0 Å². The Hall–Kier alpha value is -4.23. The number of aliphatic hydroxyl groups is 2. The molecule has 1 spiro atoms. The maximum absolute atomic E-state index is 15.2. The van der Waals surface area contributed by atoms with Crippen LogP contribution < -0.4 is 24.9 Å². The standard InChI is InChI=1S/C39H49N3O8Si/c1-24-36(51(5,6)31-15-12-29(48-3)13-16-31)34(21-35(45)41-18-8-11-28(41)23-43)50-39(24)32-20-30(49-4)14-17-33(32)42(38(39)47)22-26-9-7-10-27(19-26)40-37(46)25(2)44/h7,9-10,12-17,19-20,24-25,28,34,36,43-44H,8,11,18,21-23H2,1-6H3,(H,40,46)/t24-,25-,28-,34+,36-,39+/m0/s1. The van der Waals surface area contributed by atoms with Gasteiger partial charge in [0.25, 0.3) is 11.8 Å². The van der Waals surface area contributed by atoms with Gasteiger partial charge in [0, 0.05) is 23.7 Å². The van der Waals surface area contributed by atoms with E-state index in [1.54, 1.807) is 42.2 Å². The van der Waals surface area contributed by atoms with E-state index in [9.17, 15) is 19.8 Å². The van der Waals surface area contributed by atoms with Crippen molar-refractivity contribution in [3.8, 4) is 11.5 Å². The van der Waals surface area contributed by atoms with Gasteiger partial charge in [-0.1, -0.05) is 49.5 Å². The van der Waals surface area contributed by atoms with Gasteiger partial charge in [0.1, 0.15) is 17.6 Å². The second-order valence-corrected chi connectivity index (χ2v) is 19.3. The number of carbonyl (C=O) groups is 3. The van der Waals surface area contributed by atoms with Crippen molar-refractivity contribution in [2.75, 3.05) is 37.6 Å². The molecule has 0 unspecified atom stereocenters. The SMILES string of the molecule is COc1ccc([Si](C)(C)[C@@H]2[C@@H](CC(=O)N3CCC[C@H]3CO)O[C@]3(C(=O)N(Cc4cccc(NC(=O)[C@H](C)O)c4)c4ccc(OC)cc43)[C@H]2C)cc1. The summed E-state index contributed by atoms with van der Waals surface area (Å²) >= 11 is 0. The van der Waals surface area contributed by atoms with Crippen LogP contribution in [-0.2, 0) is 31.3 Å². The quantitative estimate of drug-likeness (QED) is 0.252. The molecule has 6 rings (SSSR count). The molecule has 3 aromatic carbocycles. The summed E-state index contributed by atoms with van der Waals surface area (Å²) in [6.07, 6.45) is -0.0535. The van der Waals surface area contributed by atoms with Crippen molar-refractivity contribution in [3.63, 3.8) is 0 Å². The monoisotopic (exact) mass is 715 g/mol. The summed E-state index contributed by atoms with van der Waals surface area (Å²) in [5.74, 6) is 0.200. The van der Waals surface area contributed by atoms with Gasteiger partial charge in [-0.05, 0) is 73.3 Å². The average Bonchev–Trinajstić information content (AvgIpc) is 3.78. The first-order valence-electron chi connectivity index (χ1n) is 17.7. The van der Waals surface area contributed by atoms with E-state index in [4.69, 9.17) is 14.2 Å². The molecule has 0 aromatic heterocycles. The molecule has 2 saturated heterocycles. The number of likely N-dealkylation sites (tertiary alicyclic amines) is 1. The summed E-state index contributed by atoms with van der Waals surface area (Å²) in [5.41, 5.74) is 1.14. The van der Waals surface area contributed by atoms with Crippen molar-refractivity contribution in [1.82, 2.24) is 4.90 Å². The predicted octanol–water partition coefficient (Wildman–Crippen LogP) is 4.16. The molecule has 3 heterocycles. The fourth-order valence-corrected chi connectivity index (χ4v) is 12.6. The normalized spacial score (nSPS) is 24.9. The Bertz CT molecular complexity index is 1780. The lowest BCUT2D eigenvalue weighted by Gasteiger charge is -2.37. The maximum atomic E-state index is 15.2. The number of hydrogen-bond acceptors (Lipinski definition) is 8. The Morgan fingerprint density at radius 1 is 1.06 bits per heavy atom. The topological polar surface area (TPSA) is 138 Å². The molecule has 3 aromatic rings. The molecule has 0 aliphatic carbocycles. The van der Waals surface area contributed by atoms with E-state index >= 15 is 4.79 Å². The zero-order chi connectivity index (χ0) is 36.7. The average molecular weight is 716 g/mol. The van der Waals surface area contributed by atoms with Crippen molar-refractivity contribution in [2.24, 2.45) is 5.92 Å². The van der Waals surface area contributed by atoms with Crippen molar-refractivity contribution in [3.05, 3.63) is 77.9 Å². The third kappa shape index (κ3) is 6.54. The molecule has 12 heteroatoms. The van der Waals surface area contributed by atoms with Gasteiger partial charge in [-0.15, -0.1) is 0 Å². The number of ether oxygens (including phenoxy) is 3. The number of rotatable bonds is 11. The van der Waals surface area contributed by atoms with Crippen LogP contribution in [0.15, 0.2) is 66.7 Å². The van der Waals surface area contributed by atoms with Crippen LogP contribution in [0.1, 0.15) is 44.2 Å². The lowest BCUT2D eigenvalue weighted by atomic mass is 9.82. The van der Waals surface area contributed by atoms with Crippen LogP contribution in [0.5, 0.6) is 11.5 Å². The lowest BCUT2D eigenvalue weighted by Crippen LogP contribution is -2.52. The van der Waals surface area contributed by atoms with Crippen molar-refractivity contribution >= 4 is 42.4 Å². The van der Waals surface area contributed by atoms with E-state index in [2.05, 4.69) is 37.5 Å². The number of nitrogens with zero attached hydrogens (tertiary/aromatic N) is 2. The zero-order valence-electron chi connectivity index (χ0n) is 30.2. The molecular weight excluding hydrogens is 667 g/mol. The highest BCUT2D eigenvalue weighted by atomic mass is 28.3. The third-order valence-electron chi connectivity index (χ3n) is 11.2. The smallest absolute Gasteiger partial charge is 0.264 e. The maximum Gasteiger partial charge on any atom is 0.264 e. The van der Waals surface area contributed by atoms with E-state index in [1.807, 2.05) is 36.4 Å². The molecule has 2 fully saturated rings. The minimum absolute atomic E-state index is 0.0745. The predicted molar refractivity (Wildman–Crippen MR) is 197 cm³/mol. The van der Waals surface area contributed by atoms with E-state index in [1.165, 1.54) is 6.92 Å². The Kier molecular flexibility index (Phi) is 10.3. The number of nitrogens with one attached hydrogen (secondary N) is 1. The van der Waals surface area contributed by atoms with E-state index in [-0.39, 0.29) is 48.9 Å². The highest BCUT2D eigenvalue weighted by Gasteiger charge is 2.66. The molecule has 0 radical (unpaired) electrons. The highest BCUT2D eigenvalue weighted by molar-refractivity contribution is 6.91. The Labute approximate surface area is 300 Å². The number of hydrogen-bond donors (Lipinski definition) is 3. The highest BCUT2D eigenvalue weighted by Crippen LogP contribution is 2.60. The molecular formula is C39H49N3O8Si. The minimum Gasteiger partial charge on any atom is -0.497 e. The zero-order valence-corrected chi connectivity index (χ0v) is 31.2. The van der Waals surface area contributed by atoms with Crippen LogP contribution in [0.25, 0.3) is 0 Å².